The van der Waals surface area contributed by atoms with Crippen LogP contribution in [0.15, 0.2) is 29.9 Å². The van der Waals surface area contributed by atoms with E-state index in [0.29, 0.717) is 54.5 Å². The van der Waals surface area contributed by atoms with E-state index in [4.69, 9.17) is 23.1 Å². The van der Waals surface area contributed by atoms with E-state index in [1.807, 2.05) is 0 Å². The molecule has 4 rings (SSSR count). The molecule has 1 fully saturated rings. The smallest absolute Gasteiger partial charge is 0.312 e. The first-order chi connectivity index (χ1) is 18.7. The van der Waals surface area contributed by atoms with Gasteiger partial charge in [-0.1, -0.05) is 11.6 Å². The number of thiazole rings is 1. The summed E-state index contributed by atoms with van der Waals surface area (Å²) in [5, 5.41) is 10.5. The van der Waals surface area contributed by atoms with Gasteiger partial charge in [0.05, 0.1) is 11.1 Å². The molecule has 0 unspecified atom stereocenters. The second-order valence-corrected chi connectivity index (χ2v) is 10.5. The highest BCUT2D eigenvalue weighted by Crippen LogP contribution is 2.34. The van der Waals surface area contributed by atoms with Gasteiger partial charge in [0.15, 0.2) is 0 Å². The van der Waals surface area contributed by atoms with Crippen molar-refractivity contribution in [1.29, 1.82) is 0 Å². The van der Waals surface area contributed by atoms with Crippen LogP contribution < -0.4 is 27.4 Å². The Morgan fingerprint density at radius 2 is 1.97 bits per heavy atom. The van der Waals surface area contributed by atoms with Gasteiger partial charge in [0.25, 0.3) is 11.8 Å². The van der Waals surface area contributed by atoms with Crippen molar-refractivity contribution in [2.24, 2.45) is 11.5 Å². The molecule has 4 heterocycles. The van der Waals surface area contributed by atoms with Crippen LogP contribution in [-0.2, 0) is 4.79 Å². The summed E-state index contributed by atoms with van der Waals surface area (Å²) in [6, 6.07) is 1.36. The van der Waals surface area contributed by atoms with Crippen molar-refractivity contribution >= 4 is 52.3 Å². The number of amides is 5. The zero-order chi connectivity index (χ0) is 28.1. The van der Waals surface area contributed by atoms with E-state index in [-0.39, 0.29) is 29.2 Å². The van der Waals surface area contributed by atoms with Gasteiger partial charge in [-0.25, -0.2) is 14.8 Å². The molecule has 1 aliphatic heterocycles. The van der Waals surface area contributed by atoms with Gasteiger partial charge in [0.1, 0.15) is 28.1 Å². The third kappa shape index (κ3) is 6.82. The van der Waals surface area contributed by atoms with Gasteiger partial charge >= 0.3 is 6.03 Å². The van der Waals surface area contributed by atoms with Crippen LogP contribution in [0.1, 0.15) is 57.7 Å². The predicted octanol–water partition coefficient (Wildman–Crippen LogP) is 1.04. The van der Waals surface area contributed by atoms with Gasteiger partial charge in [-0.2, -0.15) is 0 Å². The summed E-state index contributed by atoms with van der Waals surface area (Å²) in [7, 11) is 1.49. The Morgan fingerprint density at radius 3 is 2.72 bits per heavy atom. The minimum absolute atomic E-state index is 0.148. The first-order valence-corrected chi connectivity index (χ1v) is 13.6. The number of fused-ring (bicyclic) bond motifs is 1. The minimum Gasteiger partial charge on any atom is -0.357 e. The van der Waals surface area contributed by atoms with Crippen molar-refractivity contribution in [3.05, 3.63) is 51.3 Å². The van der Waals surface area contributed by atoms with E-state index in [2.05, 4.69) is 25.9 Å². The highest BCUT2D eigenvalue weighted by atomic mass is 35.5. The number of unbranched alkanes of at least 4 members (excludes halogenated alkanes) is 1. The van der Waals surface area contributed by atoms with Crippen molar-refractivity contribution in [3.8, 4) is 0 Å². The Bertz CT molecular complexity index is 1380. The lowest BCUT2D eigenvalue weighted by molar-refractivity contribution is -0.122. The number of urea groups is 1. The Kier molecular flexibility index (Phi) is 8.99. The molecule has 39 heavy (non-hydrogen) atoms. The first kappa shape index (κ1) is 28.3. The number of nitrogens with one attached hydrogen (secondary N) is 3. The normalized spacial score (nSPS) is 17.7. The van der Waals surface area contributed by atoms with Gasteiger partial charge in [-0.3, -0.25) is 14.4 Å². The number of hydrogen-bond donors (Lipinski definition) is 5. The van der Waals surface area contributed by atoms with E-state index in [1.54, 1.807) is 39.2 Å². The summed E-state index contributed by atoms with van der Waals surface area (Å²) in [6.07, 6.45) is 5.32. The maximum absolute atomic E-state index is 13.4. The number of rotatable bonds is 10. The molecule has 5 amide bonds. The predicted molar refractivity (Wildman–Crippen MR) is 145 cm³/mol. The molecule has 3 aromatic heterocycles. The summed E-state index contributed by atoms with van der Waals surface area (Å²) in [6.45, 7) is 0.698. The number of nitrogens with zero attached hydrogens (tertiary/aromatic N) is 4. The lowest BCUT2D eigenvalue weighted by Gasteiger charge is -2.22. The Morgan fingerprint density at radius 1 is 1.18 bits per heavy atom. The third-order valence-corrected chi connectivity index (χ3v) is 7.52. The van der Waals surface area contributed by atoms with Crippen LogP contribution in [0.4, 0.5) is 4.79 Å². The molecule has 208 valence electrons. The van der Waals surface area contributed by atoms with Crippen molar-refractivity contribution in [3.63, 3.8) is 0 Å². The fraction of sp³-hybridized carbons (Fsp3) is 0.417. The number of primary amides is 1. The number of pyridine rings is 1. The van der Waals surface area contributed by atoms with Crippen LogP contribution in [0, 0.1) is 0 Å². The van der Waals surface area contributed by atoms with E-state index >= 15 is 0 Å². The van der Waals surface area contributed by atoms with Crippen LogP contribution in [0.2, 0.25) is 5.02 Å². The van der Waals surface area contributed by atoms with Crippen molar-refractivity contribution in [2.75, 3.05) is 20.1 Å². The lowest BCUT2D eigenvalue weighted by Crippen LogP contribution is -2.45. The van der Waals surface area contributed by atoms with Crippen LogP contribution in [0.5, 0.6) is 0 Å². The summed E-state index contributed by atoms with van der Waals surface area (Å²) in [5.41, 5.74) is 12.3. The summed E-state index contributed by atoms with van der Waals surface area (Å²) in [4.78, 5) is 60.0. The second-order valence-electron chi connectivity index (χ2n) is 9.21. The SMILES string of the molecule is CNC(=O)[C@H](CCCCNC(N)=O)NC(=O)c1csc([C@@H]2C[C@@H](N)CN2C(=O)c2cn3cc(Cl)ccc3n2)n1. The molecule has 0 bridgehead atoms. The molecule has 1 saturated heterocycles. The Hall–Kier alpha value is -3.75. The van der Waals surface area contributed by atoms with E-state index in [1.165, 1.54) is 18.4 Å². The van der Waals surface area contributed by atoms with Crippen molar-refractivity contribution < 1.29 is 19.2 Å². The van der Waals surface area contributed by atoms with Crippen molar-refractivity contribution in [2.45, 2.75) is 43.8 Å². The van der Waals surface area contributed by atoms with Crippen LogP contribution in [0.25, 0.3) is 5.65 Å². The minimum atomic E-state index is -0.775. The van der Waals surface area contributed by atoms with E-state index in [0.717, 1.165) is 0 Å². The molecule has 0 aliphatic carbocycles. The Labute approximate surface area is 233 Å². The first-order valence-electron chi connectivity index (χ1n) is 12.4. The maximum Gasteiger partial charge on any atom is 0.312 e. The lowest BCUT2D eigenvalue weighted by atomic mass is 10.1. The highest BCUT2D eigenvalue weighted by Gasteiger charge is 2.38. The van der Waals surface area contributed by atoms with Crippen LogP contribution >= 0.6 is 22.9 Å². The third-order valence-electron chi connectivity index (χ3n) is 6.36. The summed E-state index contributed by atoms with van der Waals surface area (Å²) < 4.78 is 1.68. The van der Waals surface area contributed by atoms with Crippen LogP contribution in [0.3, 0.4) is 0 Å². The average molecular weight is 576 g/mol. The van der Waals surface area contributed by atoms with Gasteiger partial charge < -0.3 is 36.7 Å². The molecule has 15 heteroatoms. The van der Waals surface area contributed by atoms with Gasteiger partial charge in [-0.15, -0.1) is 11.3 Å². The molecule has 0 radical (unpaired) electrons. The van der Waals surface area contributed by atoms with Crippen LogP contribution in [-0.4, -0.2) is 75.2 Å². The number of carbonyl (C=O) groups is 4. The quantitative estimate of drug-likeness (QED) is 0.223. The highest BCUT2D eigenvalue weighted by molar-refractivity contribution is 7.09. The standard InChI is InChI=1S/C24H30ClN9O4S/c1-28-20(35)15(4-2-3-7-29-24(27)38)31-21(36)17-12-39-22(32-17)18-8-14(26)10-34(18)23(37)16-11-33-9-13(25)5-6-19(33)30-16/h5-6,9,11-12,14-15,18H,2-4,7-8,10,26H2,1H3,(H,28,35)(H,31,36)(H3,27,29,38)/t14-,15+,18+/m1/s1. The zero-order valence-corrected chi connectivity index (χ0v) is 22.8. The number of likely N-dealkylation sites (tertiary alicyclic amines) is 1. The number of halogens is 1. The Balaban J connectivity index is 1.43. The molecule has 0 saturated carbocycles. The number of nitrogens with two attached hydrogens (primary N) is 2. The van der Waals surface area contributed by atoms with E-state index < -0.39 is 24.0 Å². The van der Waals surface area contributed by atoms with Crippen molar-refractivity contribution in [1.82, 2.24) is 35.2 Å². The van der Waals surface area contributed by atoms with E-state index in [9.17, 15) is 19.2 Å². The summed E-state index contributed by atoms with van der Waals surface area (Å²) >= 11 is 7.30. The van der Waals surface area contributed by atoms with Gasteiger partial charge in [0.2, 0.25) is 5.91 Å². The molecule has 3 atom stereocenters. The average Bonchev–Trinajstić information content (AvgIpc) is 3.64. The molecule has 0 aromatic carbocycles. The number of hydrogen-bond acceptors (Lipinski definition) is 8. The number of imidazole rings is 1. The summed E-state index contributed by atoms with van der Waals surface area (Å²) in [5.74, 6) is -1.13. The molecular weight excluding hydrogens is 546 g/mol. The fourth-order valence-corrected chi connectivity index (χ4v) is 5.54. The molecular formula is C24H30ClN9O4S. The van der Waals surface area contributed by atoms with Gasteiger partial charge in [-0.05, 0) is 37.8 Å². The van der Waals surface area contributed by atoms with Gasteiger partial charge in [0, 0.05) is 44.0 Å². The number of likely N-dealkylation sites (N-methyl/N-ethyl adjacent to an activating group) is 1. The molecule has 0 spiro atoms. The topological polar surface area (TPSA) is 190 Å². The maximum atomic E-state index is 13.4. The largest absolute Gasteiger partial charge is 0.357 e. The monoisotopic (exact) mass is 575 g/mol. The second kappa shape index (κ2) is 12.4. The molecule has 1 aliphatic rings. The number of carbonyl (C=O) groups excluding carboxylic acids is 4. The molecule has 3 aromatic rings. The molecule has 13 nitrogen and oxygen atoms in total. The zero-order valence-electron chi connectivity index (χ0n) is 21.2. The number of aromatic nitrogens is 3. The molecule has 7 N–H and O–H groups in total. The fourth-order valence-electron chi connectivity index (χ4n) is 4.45.